The van der Waals surface area contributed by atoms with Gasteiger partial charge in [-0.3, -0.25) is 0 Å². The Kier molecular flexibility index (Phi) is 1.05. The van der Waals surface area contributed by atoms with Gasteiger partial charge in [0.1, 0.15) is 11.7 Å². The maximum atomic E-state index is 9.70. The molecule has 2 nitrogen and oxygen atoms in total. The fraction of sp³-hybridized carbons (Fsp3) is 0.500. The molecule has 2 heteroatoms. The van der Waals surface area contributed by atoms with Gasteiger partial charge in [0.25, 0.3) is 0 Å². The first-order valence-corrected chi connectivity index (χ1v) is 3.44. The zero-order chi connectivity index (χ0) is 7.19. The van der Waals surface area contributed by atoms with Crippen LogP contribution in [0.4, 0.5) is 0 Å². The number of hydrogen-bond acceptors (Lipinski definition) is 2. The first kappa shape index (κ1) is 6.13. The lowest BCUT2D eigenvalue weighted by atomic mass is 9.90. The van der Waals surface area contributed by atoms with Gasteiger partial charge < -0.3 is 9.84 Å². The van der Waals surface area contributed by atoms with E-state index >= 15 is 0 Å². The molecule has 0 radical (unpaired) electrons. The molecule has 0 aliphatic carbocycles. The maximum absolute atomic E-state index is 9.70. The highest BCUT2D eigenvalue weighted by molar-refractivity contribution is 5.22. The smallest absolute Gasteiger partial charge is 0.115 e. The van der Waals surface area contributed by atoms with Crippen molar-refractivity contribution in [2.75, 3.05) is 0 Å². The van der Waals surface area contributed by atoms with E-state index < -0.39 is 5.60 Å². The summed E-state index contributed by atoms with van der Waals surface area (Å²) < 4.78 is 5.35. The van der Waals surface area contributed by atoms with Crippen LogP contribution in [0.15, 0.2) is 24.8 Å². The third-order valence-electron chi connectivity index (χ3n) is 2.20. The van der Waals surface area contributed by atoms with Crippen molar-refractivity contribution in [2.24, 2.45) is 0 Å². The summed E-state index contributed by atoms with van der Waals surface area (Å²) in [5, 5.41) is 9.70. The van der Waals surface area contributed by atoms with Crippen LogP contribution >= 0.6 is 0 Å². The van der Waals surface area contributed by atoms with Crippen molar-refractivity contribution < 1.29 is 9.84 Å². The van der Waals surface area contributed by atoms with Crippen LogP contribution in [0.25, 0.3) is 0 Å². The predicted molar refractivity (Wildman–Crippen MR) is 37.6 cm³/mol. The minimum Gasteiger partial charge on any atom is -0.383 e. The van der Waals surface area contributed by atoms with Crippen LogP contribution in [0.5, 0.6) is 0 Å². The molecule has 0 spiro atoms. The highest BCUT2D eigenvalue weighted by Gasteiger charge is 2.46. The first-order chi connectivity index (χ1) is 4.74. The molecule has 2 rings (SSSR count). The number of ether oxygens (including phenoxy) is 1. The molecule has 1 N–H and O–H groups in total. The van der Waals surface area contributed by atoms with E-state index in [2.05, 4.69) is 6.58 Å². The molecule has 2 bridgehead atoms. The van der Waals surface area contributed by atoms with Gasteiger partial charge in [0.05, 0.1) is 6.10 Å². The van der Waals surface area contributed by atoms with Crippen molar-refractivity contribution in [2.45, 2.75) is 24.2 Å². The molecule has 1 saturated heterocycles. The van der Waals surface area contributed by atoms with Crippen LogP contribution in [-0.2, 0) is 4.74 Å². The molecule has 2 aliphatic rings. The van der Waals surface area contributed by atoms with Crippen molar-refractivity contribution in [1.29, 1.82) is 0 Å². The summed E-state index contributed by atoms with van der Waals surface area (Å²) in [6.07, 6.45) is 6.10. The summed E-state index contributed by atoms with van der Waals surface area (Å²) in [6.45, 7) is 3.57. The Balaban J connectivity index is 2.30. The highest BCUT2D eigenvalue weighted by atomic mass is 16.5. The predicted octanol–water partition coefficient (Wildman–Crippen LogP) is 0.631. The Morgan fingerprint density at radius 1 is 1.70 bits per heavy atom. The van der Waals surface area contributed by atoms with E-state index in [1.165, 1.54) is 0 Å². The third-order valence-corrected chi connectivity index (χ3v) is 2.20. The Bertz CT molecular complexity index is 197. The van der Waals surface area contributed by atoms with E-state index in [4.69, 9.17) is 4.74 Å². The summed E-state index contributed by atoms with van der Waals surface area (Å²) >= 11 is 0. The minimum absolute atomic E-state index is 0.119. The highest BCUT2D eigenvalue weighted by Crippen LogP contribution is 2.37. The fourth-order valence-corrected chi connectivity index (χ4v) is 1.54. The van der Waals surface area contributed by atoms with Crippen molar-refractivity contribution in [3.8, 4) is 0 Å². The molecule has 0 aromatic carbocycles. The molecule has 0 amide bonds. The Morgan fingerprint density at radius 3 is 2.80 bits per heavy atom. The lowest BCUT2D eigenvalue weighted by Gasteiger charge is -2.22. The number of rotatable bonds is 1. The van der Waals surface area contributed by atoms with Crippen LogP contribution in [0.2, 0.25) is 0 Å². The van der Waals surface area contributed by atoms with E-state index in [1.807, 2.05) is 12.2 Å². The second-order valence-electron chi connectivity index (χ2n) is 2.88. The van der Waals surface area contributed by atoms with E-state index in [1.54, 1.807) is 6.08 Å². The number of aliphatic hydroxyl groups is 1. The lowest BCUT2D eigenvalue weighted by Crippen LogP contribution is -2.34. The van der Waals surface area contributed by atoms with Gasteiger partial charge >= 0.3 is 0 Å². The van der Waals surface area contributed by atoms with Gasteiger partial charge in [0, 0.05) is 6.42 Å². The Morgan fingerprint density at radius 2 is 2.50 bits per heavy atom. The van der Waals surface area contributed by atoms with Crippen LogP contribution in [0, 0.1) is 0 Å². The summed E-state index contributed by atoms with van der Waals surface area (Å²) in [7, 11) is 0. The number of hydrogen-bond donors (Lipinski definition) is 1. The van der Waals surface area contributed by atoms with Crippen molar-refractivity contribution in [3.05, 3.63) is 24.8 Å². The molecule has 0 saturated carbocycles. The first-order valence-electron chi connectivity index (χ1n) is 3.44. The van der Waals surface area contributed by atoms with Gasteiger partial charge in [-0.2, -0.15) is 0 Å². The zero-order valence-electron chi connectivity index (χ0n) is 5.66. The van der Waals surface area contributed by atoms with Crippen LogP contribution in [0.1, 0.15) is 6.42 Å². The molecule has 3 atom stereocenters. The lowest BCUT2D eigenvalue weighted by molar-refractivity contribution is 0.0244. The van der Waals surface area contributed by atoms with Gasteiger partial charge in [-0.25, -0.2) is 0 Å². The molecule has 10 heavy (non-hydrogen) atoms. The zero-order valence-corrected chi connectivity index (χ0v) is 5.66. The van der Waals surface area contributed by atoms with Gasteiger partial charge in [0.15, 0.2) is 0 Å². The monoisotopic (exact) mass is 138 g/mol. The van der Waals surface area contributed by atoms with E-state index in [9.17, 15) is 5.11 Å². The average molecular weight is 138 g/mol. The largest absolute Gasteiger partial charge is 0.383 e. The Labute approximate surface area is 59.8 Å². The van der Waals surface area contributed by atoms with Crippen molar-refractivity contribution in [3.63, 3.8) is 0 Å². The van der Waals surface area contributed by atoms with E-state index in [0.29, 0.717) is 6.42 Å². The van der Waals surface area contributed by atoms with Gasteiger partial charge in [-0.1, -0.05) is 18.2 Å². The third kappa shape index (κ3) is 0.604. The molecule has 54 valence electrons. The molecular formula is C8H10O2. The minimum atomic E-state index is -0.792. The molecule has 0 unspecified atom stereocenters. The SMILES string of the molecule is C=C[C@]1(O)C[C@H]2C=C[C@@H]1O2. The van der Waals surface area contributed by atoms with E-state index in [-0.39, 0.29) is 12.2 Å². The quantitative estimate of drug-likeness (QED) is 0.538. The molecule has 0 aromatic heterocycles. The van der Waals surface area contributed by atoms with Gasteiger partial charge in [0.2, 0.25) is 0 Å². The Hall–Kier alpha value is -0.600. The van der Waals surface area contributed by atoms with Gasteiger partial charge in [-0.15, -0.1) is 6.58 Å². The molecule has 0 aromatic rings. The molecule has 1 fully saturated rings. The van der Waals surface area contributed by atoms with E-state index in [0.717, 1.165) is 0 Å². The summed E-state index contributed by atoms with van der Waals surface area (Å²) in [5.74, 6) is 0. The van der Waals surface area contributed by atoms with Crippen LogP contribution in [0.3, 0.4) is 0 Å². The van der Waals surface area contributed by atoms with Crippen molar-refractivity contribution in [1.82, 2.24) is 0 Å². The van der Waals surface area contributed by atoms with Crippen LogP contribution in [-0.4, -0.2) is 22.9 Å². The average Bonchev–Trinajstić information content (AvgIpc) is 2.46. The molecule has 2 heterocycles. The summed E-state index contributed by atoms with van der Waals surface area (Å²) in [6, 6.07) is 0. The standard InChI is InChI=1S/C8H10O2/c1-2-8(9)5-6-3-4-7(8)10-6/h2-4,6-7,9H,1,5H2/t6-,7+,8+/m1/s1. The maximum Gasteiger partial charge on any atom is 0.115 e. The van der Waals surface area contributed by atoms with Crippen molar-refractivity contribution >= 4 is 0 Å². The second-order valence-corrected chi connectivity index (χ2v) is 2.88. The second kappa shape index (κ2) is 1.71. The summed E-state index contributed by atoms with van der Waals surface area (Å²) in [4.78, 5) is 0. The fourth-order valence-electron chi connectivity index (χ4n) is 1.54. The normalized spacial score (nSPS) is 50.1. The molecule has 2 aliphatic heterocycles. The number of fused-ring (bicyclic) bond motifs is 2. The molecular weight excluding hydrogens is 128 g/mol. The summed E-state index contributed by atoms with van der Waals surface area (Å²) in [5.41, 5.74) is -0.792. The van der Waals surface area contributed by atoms with Crippen LogP contribution < -0.4 is 0 Å². The topological polar surface area (TPSA) is 29.5 Å². The van der Waals surface area contributed by atoms with Gasteiger partial charge in [-0.05, 0) is 0 Å².